The summed E-state index contributed by atoms with van der Waals surface area (Å²) in [6, 6.07) is 7.56. The molecule has 228 valence electrons. The number of fused-ring (bicyclic) bond motifs is 1. The van der Waals surface area contributed by atoms with E-state index < -0.39 is 5.97 Å². The van der Waals surface area contributed by atoms with E-state index in [9.17, 15) is 9.59 Å². The van der Waals surface area contributed by atoms with E-state index in [1.807, 2.05) is 32.0 Å². The molecule has 4 aromatic rings. The highest BCUT2D eigenvalue weighted by Crippen LogP contribution is 2.43. The van der Waals surface area contributed by atoms with Crippen LogP contribution in [-0.4, -0.2) is 43.2 Å². The number of nitrogens with one attached hydrogen (secondary N) is 2. The number of carbonyl (C=O) groups is 2. The first kappa shape index (κ1) is 30.9. The number of ether oxygens (including phenoxy) is 3. The number of aryl methyl sites for hydroxylation is 3. The molecular weight excluding hydrogens is 586 g/mol. The van der Waals surface area contributed by atoms with E-state index in [2.05, 4.69) is 10.3 Å². The number of thiazole rings is 1. The second-order valence-electron chi connectivity index (χ2n) is 11.2. The van der Waals surface area contributed by atoms with E-state index in [0.717, 1.165) is 51.0 Å². The van der Waals surface area contributed by atoms with Crippen molar-refractivity contribution in [1.82, 2.24) is 9.97 Å². The molecule has 0 aliphatic heterocycles. The van der Waals surface area contributed by atoms with Gasteiger partial charge < -0.3 is 19.2 Å². The monoisotopic (exact) mass is 623 g/mol. The molecule has 1 aliphatic carbocycles. The lowest BCUT2D eigenvalue weighted by molar-refractivity contribution is -0.139. The summed E-state index contributed by atoms with van der Waals surface area (Å²) in [7, 11) is 4.52. The van der Waals surface area contributed by atoms with Crippen LogP contribution in [0.2, 0.25) is 5.02 Å². The third-order valence-corrected chi connectivity index (χ3v) is 9.77. The van der Waals surface area contributed by atoms with Gasteiger partial charge in [0.1, 0.15) is 17.2 Å². The van der Waals surface area contributed by atoms with E-state index in [1.165, 1.54) is 50.6 Å². The Morgan fingerprint density at radius 3 is 2.44 bits per heavy atom. The number of carbonyl (C=O) groups excluding carboxylic acids is 2. The number of benzene rings is 2. The number of halogens is 1. The number of rotatable bonds is 10. The van der Waals surface area contributed by atoms with Gasteiger partial charge in [-0.1, -0.05) is 43.7 Å². The second-order valence-corrected chi connectivity index (χ2v) is 12.7. The Labute approximate surface area is 261 Å². The first-order chi connectivity index (χ1) is 20.7. The Morgan fingerprint density at radius 2 is 1.74 bits per heavy atom. The number of H-pyrrole nitrogens is 1. The lowest BCUT2D eigenvalue weighted by Crippen LogP contribution is -2.16. The van der Waals surface area contributed by atoms with Gasteiger partial charge in [-0.25, -0.2) is 4.98 Å². The van der Waals surface area contributed by atoms with Crippen LogP contribution in [0.5, 0.6) is 11.5 Å². The summed E-state index contributed by atoms with van der Waals surface area (Å²) in [5.74, 6) is 0.992. The summed E-state index contributed by atoms with van der Waals surface area (Å²) in [5.41, 5.74) is 5.35. The van der Waals surface area contributed by atoms with Gasteiger partial charge in [-0.15, -0.1) is 11.3 Å². The van der Waals surface area contributed by atoms with E-state index in [1.54, 1.807) is 20.3 Å². The van der Waals surface area contributed by atoms with Crippen molar-refractivity contribution in [1.29, 1.82) is 0 Å². The number of aromatic amines is 1. The SMILES string of the molecule is COC(=O)Cc1c(C(=O)Nc2nc(-c3cc(OC)c(Cl)cc3OC)c(CCC3CCCCC3)s2)[nH]c2cc(C)c(C)cc12. The number of anilines is 1. The van der Waals surface area contributed by atoms with Crippen LogP contribution in [0.1, 0.15) is 70.6 Å². The molecule has 10 heteroatoms. The third kappa shape index (κ3) is 6.68. The molecule has 0 unspecified atom stereocenters. The topological polar surface area (TPSA) is 103 Å². The average Bonchev–Trinajstić information content (AvgIpc) is 3.57. The molecule has 43 heavy (non-hydrogen) atoms. The number of nitrogens with zero attached hydrogens (tertiary/aromatic N) is 1. The highest BCUT2D eigenvalue weighted by atomic mass is 35.5. The summed E-state index contributed by atoms with van der Waals surface area (Å²) in [6.07, 6.45) is 8.22. The minimum absolute atomic E-state index is 0.0285. The van der Waals surface area contributed by atoms with Crippen LogP contribution in [0.15, 0.2) is 24.3 Å². The molecule has 0 spiro atoms. The van der Waals surface area contributed by atoms with Crippen molar-refractivity contribution in [3.8, 4) is 22.8 Å². The predicted octanol–water partition coefficient (Wildman–Crippen LogP) is 8.06. The fourth-order valence-corrected chi connectivity index (χ4v) is 7.13. The average molecular weight is 624 g/mol. The van der Waals surface area contributed by atoms with Gasteiger partial charge in [-0.2, -0.15) is 0 Å². The molecular formula is C33H38ClN3O5S. The maximum absolute atomic E-state index is 13.8. The van der Waals surface area contributed by atoms with Crippen LogP contribution in [-0.2, 0) is 22.4 Å². The Balaban J connectivity index is 1.53. The smallest absolute Gasteiger partial charge is 0.310 e. The fourth-order valence-electron chi connectivity index (χ4n) is 5.91. The maximum atomic E-state index is 13.8. The predicted molar refractivity (Wildman–Crippen MR) is 172 cm³/mol. The number of esters is 1. The second kappa shape index (κ2) is 13.4. The Morgan fingerprint density at radius 1 is 1.02 bits per heavy atom. The van der Waals surface area contributed by atoms with Crippen LogP contribution in [0.4, 0.5) is 5.13 Å². The Kier molecular flexibility index (Phi) is 9.62. The molecule has 2 aromatic heterocycles. The number of hydrogen-bond donors (Lipinski definition) is 2. The van der Waals surface area contributed by atoms with Crippen LogP contribution >= 0.6 is 22.9 Å². The van der Waals surface area contributed by atoms with Gasteiger partial charge in [0, 0.05) is 33.0 Å². The molecule has 0 radical (unpaired) electrons. The largest absolute Gasteiger partial charge is 0.496 e. The van der Waals surface area contributed by atoms with Gasteiger partial charge >= 0.3 is 5.97 Å². The number of aromatic nitrogens is 2. The maximum Gasteiger partial charge on any atom is 0.310 e. The van der Waals surface area contributed by atoms with Crippen molar-refractivity contribution in [3.63, 3.8) is 0 Å². The molecule has 0 bridgehead atoms. The molecule has 2 heterocycles. The Bertz CT molecular complexity index is 1650. The highest BCUT2D eigenvalue weighted by Gasteiger charge is 2.25. The molecule has 8 nitrogen and oxygen atoms in total. The summed E-state index contributed by atoms with van der Waals surface area (Å²) in [6.45, 7) is 4.02. The Hall–Kier alpha value is -3.56. The van der Waals surface area contributed by atoms with E-state index in [0.29, 0.717) is 38.8 Å². The lowest BCUT2D eigenvalue weighted by atomic mass is 9.86. The standard InChI is InChI=1S/C33H38ClN3O5S/c1-18-13-21-22(16-29(38)42-5)31(35-25(21)14-19(18)2)32(39)37-33-36-30(23-15-27(41-4)24(34)17-26(23)40-3)28(43-33)12-11-20-9-7-6-8-10-20/h13-15,17,20,35H,6-12,16H2,1-5H3,(H,36,37,39). The van der Waals surface area contributed by atoms with Crippen molar-refractivity contribution >= 4 is 50.8 Å². The molecule has 0 saturated heterocycles. The minimum atomic E-state index is -0.418. The van der Waals surface area contributed by atoms with Crippen LogP contribution in [0.3, 0.4) is 0 Å². The molecule has 1 saturated carbocycles. The zero-order valence-corrected chi connectivity index (χ0v) is 26.9. The first-order valence-corrected chi connectivity index (χ1v) is 15.8. The van der Waals surface area contributed by atoms with Gasteiger partial charge in [-0.05, 0) is 61.9 Å². The van der Waals surface area contributed by atoms with Crippen LogP contribution < -0.4 is 14.8 Å². The minimum Gasteiger partial charge on any atom is -0.496 e. The lowest BCUT2D eigenvalue weighted by Gasteiger charge is -2.21. The number of amides is 1. The fraction of sp³-hybridized carbons (Fsp3) is 0.424. The summed E-state index contributed by atoms with van der Waals surface area (Å²) in [4.78, 5) is 35.3. The molecule has 1 amide bonds. The van der Waals surface area contributed by atoms with E-state index >= 15 is 0 Å². The van der Waals surface area contributed by atoms with Crippen molar-refractivity contribution in [3.05, 3.63) is 56.5 Å². The van der Waals surface area contributed by atoms with E-state index in [-0.39, 0.29) is 12.3 Å². The van der Waals surface area contributed by atoms with Crippen molar-refractivity contribution in [2.75, 3.05) is 26.6 Å². The molecule has 2 aromatic carbocycles. The van der Waals surface area contributed by atoms with Crippen molar-refractivity contribution in [2.45, 2.75) is 65.2 Å². The molecule has 1 aliphatic rings. The van der Waals surface area contributed by atoms with Gasteiger partial charge in [0.2, 0.25) is 0 Å². The van der Waals surface area contributed by atoms with Crippen molar-refractivity contribution in [2.24, 2.45) is 5.92 Å². The molecule has 5 rings (SSSR count). The van der Waals surface area contributed by atoms with Gasteiger partial charge in [0.25, 0.3) is 5.91 Å². The van der Waals surface area contributed by atoms with Crippen LogP contribution in [0, 0.1) is 19.8 Å². The normalized spacial score (nSPS) is 13.7. The zero-order valence-electron chi connectivity index (χ0n) is 25.3. The quantitative estimate of drug-likeness (QED) is 0.173. The van der Waals surface area contributed by atoms with Crippen LogP contribution in [0.25, 0.3) is 22.2 Å². The molecule has 2 N–H and O–H groups in total. The number of methoxy groups -OCH3 is 3. The molecule has 1 fully saturated rings. The first-order valence-electron chi connectivity index (χ1n) is 14.6. The van der Waals surface area contributed by atoms with E-state index in [4.69, 9.17) is 30.8 Å². The highest BCUT2D eigenvalue weighted by molar-refractivity contribution is 7.16. The van der Waals surface area contributed by atoms with Gasteiger partial charge in [0.05, 0.1) is 38.5 Å². The summed E-state index contributed by atoms with van der Waals surface area (Å²) >= 11 is 7.87. The summed E-state index contributed by atoms with van der Waals surface area (Å²) in [5, 5.41) is 4.74. The number of hydrogen-bond acceptors (Lipinski definition) is 7. The van der Waals surface area contributed by atoms with Gasteiger partial charge in [-0.3, -0.25) is 14.9 Å². The zero-order chi connectivity index (χ0) is 30.7. The third-order valence-electron chi connectivity index (χ3n) is 8.45. The molecule has 0 atom stereocenters. The van der Waals surface area contributed by atoms with Gasteiger partial charge in [0.15, 0.2) is 5.13 Å². The van der Waals surface area contributed by atoms with Crippen molar-refractivity contribution < 1.29 is 23.8 Å². The summed E-state index contributed by atoms with van der Waals surface area (Å²) < 4.78 is 16.1.